The van der Waals surface area contributed by atoms with Gasteiger partial charge >= 0.3 is 0 Å². The molecule has 5 nitrogen and oxygen atoms in total. The van der Waals surface area contributed by atoms with E-state index in [9.17, 15) is 13.2 Å². The molecule has 0 aromatic heterocycles. The van der Waals surface area contributed by atoms with Gasteiger partial charge in [0.05, 0.1) is 11.5 Å². The van der Waals surface area contributed by atoms with Crippen LogP contribution >= 0.6 is 0 Å². The number of carbonyl (C=O) groups is 1. The van der Waals surface area contributed by atoms with E-state index in [0.29, 0.717) is 12.0 Å². The second kappa shape index (κ2) is 5.86. The first-order valence-corrected chi connectivity index (χ1v) is 7.56. The van der Waals surface area contributed by atoms with E-state index in [-0.39, 0.29) is 22.8 Å². The van der Waals surface area contributed by atoms with Gasteiger partial charge in [0.2, 0.25) is 5.91 Å². The molecule has 0 bridgehead atoms. The molecule has 0 unspecified atom stereocenters. The third-order valence-electron chi connectivity index (χ3n) is 2.61. The van der Waals surface area contributed by atoms with Gasteiger partial charge in [0.1, 0.15) is 0 Å². The fourth-order valence-electron chi connectivity index (χ4n) is 1.55. The maximum atomic E-state index is 11.8. The monoisotopic (exact) mass is 270 g/mol. The highest BCUT2D eigenvalue weighted by Gasteiger charge is 2.14. The van der Waals surface area contributed by atoms with Crippen molar-refractivity contribution in [1.29, 1.82) is 0 Å². The minimum atomic E-state index is -3.15. The summed E-state index contributed by atoms with van der Waals surface area (Å²) in [6.45, 7) is 1.94. The van der Waals surface area contributed by atoms with E-state index in [1.165, 1.54) is 12.1 Å². The molecule has 0 aliphatic carbocycles. The smallest absolute Gasteiger partial charge is 0.248 e. The summed E-state index contributed by atoms with van der Waals surface area (Å²) in [4.78, 5) is 10.9. The van der Waals surface area contributed by atoms with Gasteiger partial charge in [-0.05, 0) is 24.1 Å². The second-order valence-electron chi connectivity index (χ2n) is 4.22. The molecule has 100 valence electrons. The molecule has 0 radical (unpaired) electrons. The van der Waals surface area contributed by atoms with Gasteiger partial charge in [-0.1, -0.05) is 19.4 Å². The molecule has 0 atom stereocenters. The Hall–Kier alpha value is -1.56. The van der Waals surface area contributed by atoms with E-state index >= 15 is 0 Å². The number of benzene rings is 1. The number of carbonyl (C=O) groups excluding carboxylic acids is 1. The number of nitrogen functional groups attached to an aromatic ring is 1. The first kappa shape index (κ1) is 14.5. The van der Waals surface area contributed by atoms with Crippen molar-refractivity contribution in [3.63, 3.8) is 0 Å². The summed E-state index contributed by atoms with van der Waals surface area (Å²) in [7, 11) is -3.15. The molecule has 6 heteroatoms. The molecule has 1 aromatic carbocycles. The molecule has 18 heavy (non-hydrogen) atoms. The molecule has 0 saturated heterocycles. The lowest BCUT2D eigenvalue weighted by atomic mass is 10.1. The minimum absolute atomic E-state index is 0.0993. The Kier molecular flexibility index (Phi) is 4.72. The van der Waals surface area contributed by atoms with Crippen molar-refractivity contribution in [3.05, 3.63) is 29.3 Å². The zero-order valence-corrected chi connectivity index (χ0v) is 11.2. The highest BCUT2D eigenvalue weighted by molar-refractivity contribution is 7.90. The average molecular weight is 270 g/mol. The van der Waals surface area contributed by atoms with Crippen LogP contribution < -0.4 is 11.5 Å². The SMILES string of the molecule is CCCCS(=O)(=O)Cc1ccc(C(N)=O)cc1N. The van der Waals surface area contributed by atoms with Crippen LogP contribution in [0.4, 0.5) is 5.69 Å². The Bertz CT molecular complexity index is 538. The number of amides is 1. The van der Waals surface area contributed by atoms with Gasteiger partial charge in [-0.3, -0.25) is 4.79 Å². The molecule has 0 saturated carbocycles. The van der Waals surface area contributed by atoms with Crippen molar-refractivity contribution < 1.29 is 13.2 Å². The molecule has 0 heterocycles. The summed E-state index contributed by atoms with van der Waals surface area (Å²) in [5.74, 6) is -0.527. The van der Waals surface area contributed by atoms with Crippen LogP contribution in [0.1, 0.15) is 35.7 Å². The van der Waals surface area contributed by atoms with E-state index in [1.807, 2.05) is 6.92 Å². The molecule has 0 fully saturated rings. The van der Waals surface area contributed by atoms with Gasteiger partial charge in [-0.25, -0.2) is 8.42 Å². The summed E-state index contributed by atoms with van der Waals surface area (Å²) in [5, 5.41) is 0. The average Bonchev–Trinajstić information content (AvgIpc) is 2.29. The molecular weight excluding hydrogens is 252 g/mol. The molecule has 1 amide bonds. The van der Waals surface area contributed by atoms with Crippen LogP contribution in [0.15, 0.2) is 18.2 Å². The number of rotatable bonds is 6. The van der Waals surface area contributed by atoms with Crippen LogP contribution in [0.2, 0.25) is 0 Å². The Morgan fingerprint density at radius 1 is 1.33 bits per heavy atom. The Labute approximate surface area is 107 Å². The Morgan fingerprint density at radius 2 is 2.00 bits per heavy atom. The van der Waals surface area contributed by atoms with Crippen LogP contribution in [0.3, 0.4) is 0 Å². The van der Waals surface area contributed by atoms with Gasteiger partial charge in [-0.2, -0.15) is 0 Å². The van der Waals surface area contributed by atoms with Crippen LogP contribution in [0.25, 0.3) is 0 Å². The molecule has 0 spiro atoms. The third-order valence-corrected chi connectivity index (χ3v) is 4.28. The number of unbranched alkanes of at least 4 members (excludes halogenated alkanes) is 1. The highest BCUT2D eigenvalue weighted by Crippen LogP contribution is 2.18. The lowest BCUT2D eigenvalue weighted by Gasteiger charge is -2.08. The van der Waals surface area contributed by atoms with Crippen LogP contribution in [-0.2, 0) is 15.6 Å². The second-order valence-corrected chi connectivity index (χ2v) is 6.41. The zero-order valence-electron chi connectivity index (χ0n) is 10.3. The van der Waals surface area contributed by atoms with Crippen LogP contribution in [0, 0.1) is 0 Å². The lowest BCUT2D eigenvalue weighted by Crippen LogP contribution is -2.13. The normalized spacial score (nSPS) is 11.4. The van der Waals surface area contributed by atoms with E-state index < -0.39 is 15.7 Å². The molecule has 0 aliphatic heterocycles. The number of sulfone groups is 1. The predicted octanol–water partition coefficient (Wildman–Crippen LogP) is 1.08. The van der Waals surface area contributed by atoms with Crippen LogP contribution in [0.5, 0.6) is 0 Å². The first-order chi connectivity index (χ1) is 8.35. The molecule has 1 aromatic rings. The summed E-state index contributed by atoms with van der Waals surface area (Å²) in [6, 6.07) is 4.44. The number of nitrogens with two attached hydrogens (primary N) is 2. The van der Waals surface area contributed by atoms with Crippen molar-refractivity contribution in [3.8, 4) is 0 Å². The molecule has 1 rings (SSSR count). The molecular formula is C12H18N2O3S. The maximum Gasteiger partial charge on any atom is 0.248 e. The predicted molar refractivity (Wildman–Crippen MR) is 71.8 cm³/mol. The van der Waals surface area contributed by atoms with Crippen molar-refractivity contribution in [2.24, 2.45) is 5.73 Å². The quantitative estimate of drug-likeness (QED) is 0.755. The Morgan fingerprint density at radius 3 is 2.50 bits per heavy atom. The number of primary amides is 1. The number of hydrogen-bond acceptors (Lipinski definition) is 4. The van der Waals surface area contributed by atoms with E-state index in [2.05, 4.69) is 0 Å². The molecule has 0 aliphatic rings. The van der Waals surface area contributed by atoms with E-state index in [4.69, 9.17) is 11.5 Å². The van der Waals surface area contributed by atoms with Gasteiger partial charge in [0.25, 0.3) is 0 Å². The Balaban J connectivity index is 2.89. The number of anilines is 1. The summed E-state index contributed by atoms with van der Waals surface area (Å²) in [5.41, 5.74) is 11.9. The van der Waals surface area contributed by atoms with E-state index in [1.54, 1.807) is 6.07 Å². The molecule has 4 N–H and O–H groups in total. The zero-order chi connectivity index (χ0) is 13.8. The minimum Gasteiger partial charge on any atom is -0.398 e. The standard InChI is InChI=1S/C12H18N2O3S/c1-2-3-6-18(16,17)8-10-5-4-9(12(14)15)7-11(10)13/h4-5,7H,2-3,6,8,13H2,1H3,(H2,14,15). The summed E-state index contributed by atoms with van der Waals surface area (Å²) < 4.78 is 23.6. The van der Waals surface area contributed by atoms with Crippen molar-refractivity contribution in [1.82, 2.24) is 0 Å². The third kappa shape index (κ3) is 4.03. The van der Waals surface area contributed by atoms with Crippen LogP contribution in [-0.4, -0.2) is 20.1 Å². The van der Waals surface area contributed by atoms with Crippen molar-refractivity contribution >= 4 is 21.4 Å². The first-order valence-electron chi connectivity index (χ1n) is 5.74. The fourth-order valence-corrected chi connectivity index (χ4v) is 3.16. The fraction of sp³-hybridized carbons (Fsp3) is 0.417. The van der Waals surface area contributed by atoms with Crippen molar-refractivity contribution in [2.45, 2.75) is 25.5 Å². The maximum absolute atomic E-state index is 11.8. The van der Waals surface area contributed by atoms with Crippen molar-refractivity contribution in [2.75, 3.05) is 11.5 Å². The van der Waals surface area contributed by atoms with Gasteiger partial charge in [0.15, 0.2) is 9.84 Å². The summed E-state index contributed by atoms with van der Waals surface area (Å²) >= 11 is 0. The highest BCUT2D eigenvalue weighted by atomic mass is 32.2. The van der Waals surface area contributed by atoms with Gasteiger partial charge in [0, 0.05) is 11.3 Å². The topological polar surface area (TPSA) is 103 Å². The van der Waals surface area contributed by atoms with Gasteiger partial charge < -0.3 is 11.5 Å². The number of hydrogen-bond donors (Lipinski definition) is 2. The lowest BCUT2D eigenvalue weighted by molar-refractivity contribution is 0.100. The van der Waals surface area contributed by atoms with E-state index in [0.717, 1.165) is 6.42 Å². The van der Waals surface area contributed by atoms with Gasteiger partial charge in [-0.15, -0.1) is 0 Å². The summed E-state index contributed by atoms with van der Waals surface area (Å²) in [6.07, 6.45) is 1.47. The largest absolute Gasteiger partial charge is 0.398 e.